The molecular formula is C15H24N4O. The van der Waals surface area contributed by atoms with E-state index in [4.69, 9.17) is 5.73 Å². The third-order valence-electron chi connectivity index (χ3n) is 3.69. The Labute approximate surface area is 120 Å². The zero-order chi connectivity index (χ0) is 14.5. The Morgan fingerprint density at radius 3 is 3.10 bits per heavy atom. The highest BCUT2D eigenvalue weighted by molar-refractivity contribution is 5.97. The average molecular weight is 276 g/mol. The number of anilines is 1. The minimum Gasteiger partial charge on any atom is -0.365 e. The van der Waals surface area contributed by atoms with Crippen molar-refractivity contribution in [2.75, 3.05) is 24.5 Å². The molecule has 3 N–H and O–H groups in total. The van der Waals surface area contributed by atoms with Crippen molar-refractivity contribution in [3.63, 3.8) is 0 Å². The van der Waals surface area contributed by atoms with Crippen LogP contribution in [0.15, 0.2) is 18.3 Å². The number of nitrogens with zero attached hydrogens (tertiary/aromatic N) is 2. The molecule has 1 aromatic heterocycles. The van der Waals surface area contributed by atoms with Crippen LogP contribution in [0.4, 0.5) is 5.82 Å². The first-order valence-electron chi connectivity index (χ1n) is 7.31. The standard InChI is InChI=1S/C15H24N4O/c1-11(2)18-9-12-5-4-8-19(10-12)15-13(14(16)20)6-3-7-17-15/h3,6-7,11-12,18H,4-5,8-10H2,1-2H3,(H2,16,20). The predicted octanol–water partition coefficient (Wildman–Crippen LogP) is 1.39. The van der Waals surface area contributed by atoms with Gasteiger partial charge in [0.1, 0.15) is 5.82 Å². The molecule has 2 heterocycles. The van der Waals surface area contributed by atoms with Gasteiger partial charge in [-0.25, -0.2) is 4.98 Å². The molecule has 2 rings (SSSR count). The number of hydrogen-bond acceptors (Lipinski definition) is 4. The molecular weight excluding hydrogens is 252 g/mol. The second kappa shape index (κ2) is 6.70. The fourth-order valence-corrected chi connectivity index (χ4v) is 2.67. The summed E-state index contributed by atoms with van der Waals surface area (Å²) in [4.78, 5) is 18.1. The van der Waals surface area contributed by atoms with Crippen molar-refractivity contribution < 1.29 is 4.79 Å². The second-order valence-electron chi connectivity index (χ2n) is 5.76. The number of nitrogens with one attached hydrogen (secondary N) is 1. The molecule has 0 saturated carbocycles. The van der Waals surface area contributed by atoms with Crippen molar-refractivity contribution in [3.05, 3.63) is 23.9 Å². The van der Waals surface area contributed by atoms with Crippen LogP contribution < -0.4 is 16.0 Å². The third-order valence-corrected chi connectivity index (χ3v) is 3.69. The van der Waals surface area contributed by atoms with E-state index in [1.807, 2.05) is 0 Å². The molecule has 0 aliphatic carbocycles. The number of pyridine rings is 1. The van der Waals surface area contributed by atoms with Crippen LogP contribution in [0.2, 0.25) is 0 Å². The molecule has 0 radical (unpaired) electrons. The number of amides is 1. The number of rotatable bonds is 5. The minimum absolute atomic E-state index is 0.407. The van der Waals surface area contributed by atoms with E-state index < -0.39 is 5.91 Å². The number of nitrogens with two attached hydrogens (primary N) is 1. The zero-order valence-electron chi connectivity index (χ0n) is 12.3. The molecule has 1 aliphatic rings. The van der Waals surface area contributed by atoms with E-state index in [0.717, 1.165) is 31.9 Å². The molecule has 1 amide bonds. The molecule has 1 unspecified atom stereocenters. The summed E-state index contributed by atoms with van der Waals surface area (Å²) in [5.41, 5.74) is 5.95. The Bertz CT molecular complexity index is 461. The van der Waals surface area contributed by atoms with Gasteiger partial charge in [0.05, 0.1) is 5.56 Å². The second-order valence-corrected chi connectivity index (χ2v) is 5.76. The largest absolute Gasteiger partial charge is 0.365 e. The van der Waals surface area contributed by atoms with E-state index in [1.165, 1.54) is 6.42 Å². The van der Waals surface area contributed by atoms with Crippen LogP contribution in [0.25, 0.3) is 0 Å². The lowest BCUT2D eigenvalue weighted by molar-refractivity contribution is 0.100. The molecule has 110 valence electrons. The van der Waals surface area contributed by atoms with Gasteiger partial charge in [-0.05, 0) is 37.4 Å². The minimum atomic E-state index is -0.407. The van der Waals surface area contributed by atoms with Crippen LogP contribution in [0.1, 0.15) is 37.0 Å². The summed E-state index contributed by atoms with van der Waals surface area (Å²) in [6.45, 7) is 7.19. The summed E-state index contributed by atoms with van der Waals surface area (Å²) in [7, 11) is 0. The van der Waals surface area contributed by atoms with Crippen molar-refractivity contribution in [2.45, 2.75) is 32.7 Å². The van der Waals surface area contributed by atoms with E-state index in [0.29, 0.717) is 17.5 Å². The highest BCUT2D eigenvalue weighted by Gasteiger charge is 2.23. The van der Waals surface area contributed by atoms with E-state index >= 15 is 0 Å². The number of piperidine rings is 1. The Morgan fingerprint density at radius 1 is 1.60 bits per heavy atom. The highest BCUT2D eigenvalue weighted by atomic mass is 16.1. The zero-order valence-corrected chi connectivity index (χ0v) is 12.3. The topological polar surface area (TPSA) is 71.2 Å². The number of hydrogen-bond donors (Lipinski definition) is 2. The van der Waals surface area contributed by atoms with Gasteiger partial charge in [0, 0.05) is 25.3 Å². The van der Waals surface area contributed by atoms with Gasteiger partial charge < -0.3 is 16.0 Å². The Kier molecular flexibility index (Phi) is 4.95. The van der Waals surface area contributed by atoms with Crippen molar-refractivity contribution in [2.24, 2.45) is 11.7 Å². The van der Waals surface area contributed by atoms with Crippen LogP contribution in [0.5, 0.6) is 0 Å². The van der Waals surface area contributed by atoms with Crippen molar-refractivity contribution in [1.82, 2.24) is 10.3 Å². The lowest BCUT2D eigenvalue weighted by Gasteiger charge is -2.34. The summed E-state index contributed by atoms with van der Waals surface area (Å²) < 4.78 is 0. The molecule has 0 spiro atoms. The first-order valence-corrected chi connectivity index (χ1v) is 7.31. The summed E-state index contributed by atoms with van der Waals surface area (Å²) in [6, 6.07) is 4.01. The van der Waals surface area contributed by atoms with Crippen LogP contribution in [-0.2, 0) is 0 Å². The summed E-state index contributed by atoms with van der Waals surface area (Å²) in [5, 5.41) is 3.49. The SMILES string of the molecule is CC(C)NCC1CCCN(c2ncccc2C(N)=O)C1. The molecule has 1 fully saturated rings. The quantitative estimate of drug-likeness (QED) is 0.852. The molecule has 5 heteroatoms. The van der Waals surface area contributed by atoms with E-state index in [-0.39, 0.29) is 0 Å². The molecule has 1 atom stereocenters. The molecule has 0 aromatic carbocycles. The maximum atomic E-state index is 11.5. The van der Waals surface area contributed by atoms with Gasteiger partial charge in [-0.2, -0.15) is 0 Å². The molecule has 0 bridgehead atoms. The molecule has 1 aromatic rings. The molecule has 5 nitrogen and oxygen atoms in total. The van der Waals surface area contributed by atoms with Crippen LogP contribution in [0.3, 0.4) is 0 Å². The normalized spacial score (nSPS) is 19.4. The van der Waals surface area contributed by atoms with Gasteiger partial charge in [-0.15, -0.1) is 0 Å². The van der Waals surface area contributed by atoms with Gasteiger partial charge >= 0.3 is 0 Å². The van der Waals surface area contributed by atoms with Crippen LogP contribution in [0, 0.1) is 5.92 Å². The maximum absolute atomic E-state index is 11.5. The van der Waals surface area contributed by atoms with E-state index in [2.05, 4.69) is 29.0 Å². The third kappa shape index (κ3) is 3.70. The number of primary amides is 1. The number of carbonyl (C=O) groups is 1. The monoisotopic (exact) mass is 276 g/mol. The summed E-state index contributed by atoms with van der Waals surface area (Å²) in [5.74, 6) is 0.915. The van der Waals surface area contributed by atoms with E-state index in [1.54, 1.807) is 18.3 Å². The summed E-state index contributed by atoms with van der Waals surface area (Å²) in [6.07, 6.45) is 4.06. The van der Waals surface area contributed by atoms with Crippen LogP contribution >= 0.6 is 0 Å². The predicted molar refractivity (Wildman–Crippen MR) is 80.8 cm³/mol. The van der Waals surface area contributed by atoms with Gasteiger partial charge in [0.15, 0.2) is 0 Å². The Morgan fingerprint density at radius 2 is 2.40 bits per heavy atom. The van der Waals surface area contributed by atoms with Gasteiger partial charge in [0.2, 0.25) is 0 Å². The van der Waals surface area contributed by atoms with Gasteiger partial charge in [-0.3, -0.25) is 4.79 Å². The lowest BCUT2D eigenvalue weighted by atomic mass is 9.97. The lowest BCUT2D eigenvalue weighted by Crippen LogP contribution is -2.42. The fraction of sp³-hybridized carbons (Fsp3) is 0.600. The average Bonchev–Trinajstić information content (AvgIpc) is 2.45. The van der Waals surface area contributed by atoms with Crippen LogP contribution in [-0.4, -0.2) is 36.6 Å². The van der Waals surface area contributed by atoms with Crippen molar-refractivity contribution in [1.29, 1.82) is 0 Å². The summed E-state index contributed by atoms with van der Waals surface area (Å²) >= 11 is 0. The maximum Gasteiger partial charge on any atom is 0.252 e. The highest BCUT2D eigenvalue weighted by Crippen LogP contribution is 2.24. The van der Waals surface area contributed by atoms with Gasteiger partial charge in [-0.1, -0.05) is 13.8 Å². The van der Waals surface area contributed by atoms with Gasteiger partial charge in [0.25, 0.3) is 5.91 Å². The number of carbonyl (C=O) groups excluding carboxylic acids is 1. The van der Waals surface area contributed by atoms with E-state index in [9.17, 15) is 4.79 Å². The molecule has 1 saturated heterocycles. The first-order chi connectivity index (χ1) is 9.58. The molecule has 1 aliphatic heterocycles. The fourth-order valence-electron chi connectivity index (χ4n) is 2.67. The molecule has 20 heavy (non-hydrogen) atoms. The van der Waals surface area contributed by atoms with Crippen molar-refractivity contribution >= 4 is 11.7 Å². The smallest absolute Gasteiger partial charge is 0.252 e. The first kappa shape index (κ1) is 14.8. The Balaban J connectivity index is 2.07. The number of aromatic nitrogens is 1. The van der Waals surface area contributed by atoms with Crippen molar-refractivity contribution in [3.8, 4) is 0 Å². The Hall–Kier alpha value is -1.62.